The first-order valence-electron chi connectivity index (χ1n) is 6.62. The molecule has 0 aromatic heterocycles. The van der Waals surface area contributed by atoms with Gasteiger partial charge in [0.2, 0.25) is 0 Å². The molecule has 1 unspecified atom stereocenters. The smallest absolute Gasteiger partial charge is 0.159 e. The summed E-state index contributed by atoms with van der Waals surface area (Å²) < 4.78 is 5.38. The van der Waals surface area contributed by atoms with Crippen molar-refractivity contribution in [3.63, 3.8) is 0 Å². The van der Waals surface area contributed by atoms with Gasteiger partial charge in [-0.15, -0.1) is 0 Å². The molecule has 1 atom stereocenters. The molecule has 1 aromatic carbocycles. The number of hydrogen-bond donors (Lipinski definition) is 1. The van der Waals surface area contributed by atoms with E-state index in [1.165, 1.54) is 0 Å². The van der Waals surface area contributed by atoms with Crippen LogP contribution in [0.1, 0.15) is 37.0 Å². The monoisotopic (exact) mass is 247 g/mol. The van der Waals surface area contributed by atoms with Gasteiger partial charge in [-0.3, -0.25) is 4.79 Å². The van der Waals surface area contributed by atoms with E-state index >= 15 is 0 Å². The number of ketones is 1. The Balaban J connectivity index is 1.93. The van der Waals surface area contributed by atoms with Crippen LogP contribution in [0.25, 0.3) is 0 Å². The highest BCUT2D eigenvalue weighted by atomic mass is 16.5. The quantitative estimate of drug-likeness (QED) is 0.831. The van der Waals surface area contributed by atoms with Crippen LogP contribution >= 0.6 is 0 Å². The van der Waals surface area contributed by atoms with Gasteiger partial charge in [0.25, 0.3) is 0 Å². The summed E-state index contributed by atoms with van der Waals surface area (Å²) in [5, 5.41) is 3.51. The molecule has 0 amide bonds. The lowest BCUT2D eigenvalue weighted by atomic mass is 9.93. The molecule has 1 aliphatic rings. The Morgan fingerprint density at radius 2 is 1.89 bits per heavy atom. The number of ether oxygens (including phenoxy) is 1. The van der Waals surface area contributed by atoms with Gasteiger partial charge in [0.1, 0.15) is 0 Å². The minimum Gasteiger partial charge on any atom is -0.382 e. The highest BCUT2D eigenvalue weighted by Crippen LogP contribution is 2.22. The zero-order chi connectivity index (χ0) is 13.0. The molecule has 3 heteroatoms. The van der Waals surface area contributed by atoms with Gasteiger partial charge in [-0.05, 0) is 56.9 Å². The fourth-order valence-corrected chi connectivity index (χ4v) is 2.40. The minimum atomic E-state index is 0.110. The third-order valence-electron chi connectivity index (χ3n) is 3.66. The van der Waals surface area contributed by atoms with Gasteiger partial charge in [0.15, 0.2) is 5.78 Å². The van der Waals surface area contributed by atoms with E-state index in [4.69, 9.17) is 4.74 Å². The van der Waals surface area contributed by atoms with Crippen LogP contribution in [0, 0.1) is 5.92 Å². The van der Waals surface area contributed by atoms with E-state index in [2.05, 4.69) is 12.2 Å². The molecule has 0 saturated carbocycles. The Kier molecular flexibility index (Phi) is 4.37. The van der Waals surface area contributed by atoms with Crippen LogP contribution in [0.5, 0.6) is 0 Å². The summed E-state index contributed by atoms with van der Waals surface area (Å²) in [4.78, 5) is 11.2. The van der Waals surface area contributed by atoms with Crippen molar-refractivity contribution in [2.75, 3.05) is 18.5 Å². The number of nitrogens with one attached hydrogen (secondary N) is 1. The van der Waals surface area contributed by atoms with Gasteiger partial charge < -0.3 is 10.1 Å². The van der Waals surface area contributed by atoms with E-state index < -0.39 is 0 Å². The normalized spacial score (nSPS) is 18.3. The predicted octanol–water partition coefficient (Wildman–Crippen LogP) is 3.12. The maximum Gasteiger partial charge on any atom is 0.159 e. The van der Waals surface area contributed by atoms with E-state index in [1.54, 1.807) is 6.92 Å². The van der Waals surface area contributed by atoms with Crippen LogP contribution in [-0.4, -0.2) is 25.0 Å². The van der Waals surface area contributed by atoms with Gasteiger partial charge in [-0.2, -0.15) is 0 Å². The van der Waals surface area contributed by atoms with E-state index in [1.807, 2.05) is 24.3 Å². The third kappa shape index (κ3) is 3.33. The van der Waals surface area contributed by atoms with Gasteiger partial charge >= 0.3 is 0 Å². The molecular weight excluding hydrogens is 226 g/mol. The van der Waals surface area contributed by atoms with E-state index in [0.29, 0.717) is 12.0 Å². The molecule has 0 radical (unpaired) electrons. The zero-order valence-corrected chi connectivity index (χ0v) is 11.1. The third-order valence-corrected chi connectivity index (χ3v) is 3.66. The highest BCUT2D eigenvalue weighted by Gasteiger charge is 2.20. The second kappa shape index (κ2) is 6.01. The average molecular weight is 247 g/mol. The Morgan fingerprint density at radius 3 is 2.44 bits per heavy atom. The van der Waals surface area contributed by atoms with Crippen molar-refractivity contribution in [3.05, 3.63) is 29.8 Å². The molecule has 1 heterocycles. The van der Waals surface area contributed by atoms with Gasteiger partial charge in [-0.25, -0.2) is 0 Å². The van der Waals surface area contributed by atoms with Crippen molar-refractivity contribution < 1.29 is 9.53 Å². The molecule has 0 bridgehead atoms. The first kappa shape index (κ1) is 13.1. The molecule has 2 rings (SSSR count). The molecule has 3 nitrogen and oxygen atoms in total. The Bertz CT molecular complexity index is 393. The van der Waals surface area contributed by atoms with E-state index in [9.17, 15) is 4.79 Å². The topological polar surface area (TPSA) is 38.3 Å². The van der Waals surface area contributed by atoms with Crippen LogP contribution in [-0.2, 0) is 4.74 Å². The largest absolute Gasteiger partial charge is 0.382 e. The number of carbonyl (C=O) groups excluding carboxylic acids is 1. The van der Waals surface area contributed by atoms with Crippen molar-refractivity contribution in [2.24, 2.45) is 5.92 Å². The van der Waals surface area contributed by atoms with Gasteiger partial charge in [0.05, 0.1) is 0 Å². The van der Waals surface area contributed by atoms with Gasteiger partial charge in [0, 0.05) is 30.5 Å². The van der Waals surface area contributed by atoms with Gasteiger partial charge in [-0.1, -0.05) is 0 Å². The molecular formula is C15H21NO2. The minimum absolute atomic E-state index is 0.110. The number of benzene rings is 1. The second-order valence-electron chi connectivity index (χ2n) is 5.02. The molecule has 1 aliphatic heterocycles. The Morgan fingerprint density at radius 1 is 1.28 bits per heavy atom. The molecule has 0 aliphatic carbocycles. The first-order valence-corrected chi connectivity index (χ1v) is 6.62. The second-order valence-corrected chi connectivity index (χ2v) is 5.02. The number of hydrogen-bond acceptors (Lipinski definition) is 3. The standard InChI is InChI=1S/C15H21NO2/c1-11(13-7-9-18-10-8-13)16-15-5-3-14(4-6-15)12(2)17/h3-6,11,13,16H,7-10H2,1-2H3. The van der Waals surface area contributed by atoms with Crippen molar-refractivity contribution in [1.82, 2.24) is 0 Å². The molecule has 98 valence electrons. The number of carbonyl (C=O) groups is 1. The Labute approximate surface area is 109 Å². The lowest BCUT2D eigenvalue weighted by Gasteiger charge is -2.29. The average Bonchev–Trinajstić information content (AvgIpc) is 2.40. The summed E-state index contributed by atoms with van der Waals surface area (Å²) in [5.74, 6) is 0.783. The van der Waals surface area contributed by atoms with Crippen molar-refractivity contribution >= 4 is 11.5 Å². The van der Waals surface area contributed by atoms with Crippen LogP contribution in [0.2, 0.25) is 0 Å². The van der Waals surface area contributed by atoms with Crippen LogP contribution in [0.4, 0.5) is 5.69 Å². The maximum atomic E-state index is 11.2. The lowest BCUT2D eigenvalue weighted by molar-refractivity contribution is 0.0622. The predicted molar refractivity (Wildman–Crippen MR) is 73.1 cm³/mol. The molecule has 0 spiro atoms. The summed E-state index contributed by atoms with van der Waals surface area (Å²) in [6.45, 7) is 5.56. The number of anilines is 1. The first-order chi connectivity index (χ1) is 8.66. The lowest BCUT2D eigenvalue weighted by Crippen LogP contribution is -2.30. The van der Waals surface area contributed by atoms with Crippen LogP contribution < -0.4 is 5.32 Å². The molecule has 1 saturated heterocycles. The molecule has 1 N–H and O–H groups in total. The summed E-state index contributed by atoms with van der Waals surface area (Å²) in [6.07, 6.45) is 2.25. The molecule has 1 aromatic rings. The van der Waals surface area contributed by atoms with E-state index in [0.717, 1.165) is 37.3 Å². The van der Waals surface area contributed by atoms with Crippen LogP contribution in [0.15, 0.2) is 24.3 Å². The van der Waals surface area contributed by atoms with E-state index in [-0.39, 0.29) is 5.78 Å². The fourth-order valence-electron chi connectivity index (χ4n) is 2.40. The maximum absolute atomic E-state index is 11.2. The van der Waals surface area contributed by atoms with Crippen molar-refractivity contribution in [1.29, 1.82) is 0 Å². The Hall–Kier alpha value is -1.35. The zero-order valence-electron chi connectivity index (χ0n) is 11.1. The highest BCUT2D eigenvalue weighted by molar-refractivity contribution is 5.94. The number of rotatable bonds is 4. The molecule has 18 heavy (non-hydrogen) atoms. The summed E-state index contributed by atoms with van der Waals surface area (Å²) in [6, 6.07) is 8.15. The van der Waals surface area contributed by atoms with Crippen LogP contribution in [0.3, 0.4) is 0 Å². The SMILES string of the molecule is CC(=O)c1ccc(NC(C)C2CCOCC2)cc1. The fraction of sp³-hybridized carbons (Fsp3) is 0.533. The van der Waals surface area contributed by atoms with Crippen molar-refractivity contribution in [3.8, 4) is 0 Å². The van der Waals surface area contributed by atoms with Crippen molar-refractivity contribution in [2.45, 2.75) is 32.7 Å². The summed E-state index contributed by atoms with van der Waals surface area (Å²) in [5.41, 5.74) is 1.85. The summed E-state index contributed by atoms with van der Waals surface area (Å²) in [7, 11) is 0. The summed E-state index contributed by atoms with van der Waals surface area (Å²) >= 11 is 0. The molecule has 1 fully saturated rings. The number of Topliss-reactive ketones (excluding diaryl/α,β-unsaturated/α-hetero) is 1.